The van der Waals surface area contributed by atoms with Gasteiger partial charge in [-0.3, -0.25) is 0 Å². The van der Waals surface area contributed by atoms with Crippen molar-refractivity contribution in [1.82, 2.24) is 15.0 Å². The van der Waals surface area contributed by atoms with Gasteiger partial charge in [0.2, 0.25) is 0 Å². The maximum Gasteiger partial charge on any atom is 0.176 e. The Morgan fingerprint density at radius 3 is 2.93 bits per heavy atom. The minimum Gasteiger partial charge on any atom is -0.355 e. The third-order valence-electron chi connectivity index (χ3n) is 2.48. The first kappa shape index (κ1) is 9.35. The lowest BCUT2D eigenvalue weighted by Crippen LogP contribution is -2.37. The Hall–Kier alpha value is -0.880. The molecule has 1 saturated heterocycles. The quantitative estimate of drug-likeness (QED) is 0.749. The highest BCUT2D eigenvalue weighted by Gasteiger charge is 2.20. The van der Waals surface area contributed by atoms with E-state index in [1.54, 1.807) is 29.4 Å². The van der Waals surface area contributed by atoms with E-state index in [-0.39, 0.29) is 0 Å². The highest BCUT2D eigenvalue weighted by molar-refractivity contribution is 8.00. The molecule has 1 aliphatic heterocycles. The van der Waals surface area contributed by atoms with Crippen molar-refractivity contribution < 1.29 is 0 Å². The van der Waals surface area contributed by atoms with Crippen molar-refractivity contribution in [3.8, 4) is 0 Å². The van der Waals surface area contributed by atoms with Crippen LogP contribution in [-0.2, 0) is 0 Å². The van der Waals surface area contributed by atoms with Crippen molar-refractivity contribution in [1.29, 1.82) is 0 Å². The second-order valence-electron chi connectivity index (χ2n) is 3.37. The van der Waals surface area contributed by atoms with Crippen LogP contribution in [0.25, 0.3) is 10.3 Å². The van der Waals surface area contributed by atoms with Gasteiger partial charge in [0.15, 0.2) is 15.8 Å². The topological polar surface area (TPSA) is 41.9 Å². The Morgan fingerprint density at radius 2 is 2.27 bits per heavy atom. The van der Waals surface area contributed by atoms with E-state index in [0.717, 1.165) is 33.6 Å². The Balaban J connectivity index is 2.15. The van der Waals surface area contributed by atoms with Gasteiger partial charge in [-0.1, -0.05) is 11.8 Å². The predicted octanol–water partition coefficient (Wildman–Crippen LogP) is 2.02. The number of hydrogen-bond acceptors (Lipinski definition) is 6. The molecule has 2 aromatic heterocycles. The van der Waals surface area contributed by atoms with Crippen molar-refractivity contribution in [2.75, 3.05) is 24.2 Å². The summed E-state index contributed by atoms with van der Waals surface area (Å²) in [5.41, 5.74) is 0.834. The zero-order valence-corrected chi connectivity index (χ0v) is 9.94. The summed E-state index contributed by atoms with van der Waals surface area (Å²) in [6.45, 7) is 2.22. The predicted molar refractivity (Wildman–Crippen MR) is 63.8 cm³/mol. The molecule has 78 valence electrons. The Bertz CT molecular complexity index is 492. The van der Waals surface area contributed by atoms with Gasteiger partial charge in [0.05, 0.1) is 0 Å². The van der Waals surface area contributed by atoms with Gasteiger partial charge in [-0.05, 0) is 12.7 Å². The molecule has 0 N–H and O–H groups in total. The summed E-state index contributed by atoms with van der Waals surface area (Å²) >= 11 is 3.35. The van der Waals surface area contributed by atoms with Gasteiger partial charge in [-0.2, -0.15) is 0 Å². The van der Waals surface area contributed by atoms with Gasteiger partial charge < -0.3 is 4.90 Å². The van der Waals surface area contributed by atoms with Gasteiger partial charge in [0.25, 0.3) is 0 Å². The molecule has 0 bridgehead atoms. The lowest BCUT2D eigenvalue weighted by molar-refractivity contribution is 0.612. The number of anilines is 1. The average Bonchev–Trinajstić information content (AvgIpc) is 2.59. The summed E-state index contributed by atoms with van der Waals surface area (Å²) < 4.78 is 2.19. The van der Waals surface area contributed by atoms with E-state index in [4.69, 9.17) is 0 Å². The third-order valence-corrected chi connectivity index (χ3v) is 4.51. The van der Waals surface area contributed by atoms with Gasteiger partial charge in [0.1, 0.15) is 11.0 Å². The molecule has 0 amide bonds. The fourth-order valence-corrected chi connectivity index (χ4v) is 3.09. The third kappa shape index (κ3) is 1.48. The van der Waals surface area contributed by atoms with Crippen molar-refractivity contribution in [3.63, 3.8) is 0 Å². The number of nitrogens with zero attached hydrogens (tertiary/aromatic N) is 4. The Labute approximate surface area is 95.7 Å². The number of aromatic nitrogens is 3. The van der Waals surface area contributed by atoms with Crippen LogP contribution in [-0.4, -0.2) is 34.3 Å². The van der Waals surface area contributed by atoms with Crippen molar-refractivity contribution in [2.24, 2.45) is 0 Å². The van der Waals surface area contributed by atoms with E-state index in [1.165, 1.54) is 6.42 Å². The summed E-state index contributed by atoms with van der Waals surface area (Å²) in [6.07, 6.45) is 4.91. The molecule has 0 saturated carbocycles. The van der Waals surface area contributed by atoms with Gasteiger partial charge >= 0.3 is 0 Å². The highest BCUT2D eigenvalue weighted by Crippen LogP contribution is 2.33. The zero-order valence-electron chi connectivity index (χ0n) is 8.30. The van der Waals surface area contributed by atoms with Crippen LogP contribution in [0.2, 0.25) is 0 Å². The largest absolute Gasteiger partial charge is 0.355 e. The van der Waals surface area contributed by atoms with Crippen LogP contribution in [0.5, 0.6) is 0 Å². The van der Waals surface area contributed by atoms with Crippen LogP contribution >= 0.6 is 23.1 Å². The number of rotatable bonds is 2. The van der Waals surface area contributed by atoms with Gasteiger partial charge in [-0.25, -0.2) is 15.0 Å². The maximum atomic E-state index is 4.44. The van der Waals surface area contributed by atoms with Crippen LogP contribution in [0.15, 0.2) is 10.7 Å². The normalized spacial score (nSPS) is 15.7. The van der Waals surface area contributed by atoms with E-state index >= 15 is 0 Å². The minimum atomic E-state index is 0.834. The van der Waals surface area contributed by atoms with E-state index in [1.807, 2.05) is 6.26 Å². The van der Waals surface area contributed by atoms with Crippen LogP contribution in [0, 0.1) is 0 Å². The fraction of sp³-hybridized carbons (Fsp3) is 0.444. The van der Waals surface area contributed by atoms with E-state index in [2.05, 4.69) is 19.9 Å². The highest BCUT2D eigenvalue weighted by atomic mass is 32.2. The van der Waals surface area contributed by atoms with Crippen LogP contribution in [0.3, 0.4) is 0 Å². The summed E-state index contributed by atoms with van der Waals surface area (Å²) in [7, 11) is 0. The van der Waals surface area contributed by atoms with E-state index < -0.39 is 0 Å². The molecule has 0 radical (unpaired) electrons. The molecular formula is C9H10N4S2. The molecule has 4 nitrogen and oxygen atoms in total. The molecule has 0 aliphatic carbocycles. The molecule has 3 heterocycles. The molecule has 0 spiro atoms. The standard InChI is InChI=1S/C9H10N4S2/c1-14-9-12-7-6(15-9)8(11-5-10-7)13-3-2-4-13/h5H,2-4H2,1H3. The average molecular weight is 238 g/mol. The molecule has 2 aromatic rings. The summed E-state index contributed by atoms with van der Waals surface area (Å²) in [5, 5.41) is 0. The van der Waals surface area contributed by atoms with Gasteiger partial charge in [-0.15, -0.1) is 11.3 Å². The minimum absolute atomic E-state index is 0.834. The first-order valence-corrected chi connectivity index (χ1v) is 6.83. The first-order chi connectivity index (χ1) is 7.38. The first-order valence-electron chi connectivity index (χ1n) is 4.79. The molecule has 1 aliphatic rings. The van der Waals surface area contributed by atoms with Gasteiger partial charge in [0, 0.05) is 13.1 Å². The number of thiazole rings is 1. The van der Waals surface area contributed by atoms with E-state index in [0.29, 0.717) is 0 Å². The summed E-state index contributed by atoms with van der Waals surface area (Å²) in [6, 6.07) is 0. The van der Waals surface area contributed by atoms with Crippen LogP contribution in [0.4, 0.5) is 5.82 Å². The fourth-order valence-electron chi connectivity index (χ4n) is 1.56. The summed E-state index contributed by atoms with van der Waals surface area (Å²) in [5.74, 6) is 1.06. The lowest BCUT2D eigenvalue weighted by atomic mass is 10.2. The molecule has 1 fully saturated rings. The van der Waals surface area contributed by atoms with Crippen molar-refractivity contribution >= 4 is 39.3 Å². The Kier molecular flexibility index (Phi) is 2.25. The monoisotopic (exact) mass is 238 g/mol. The second kappa shape index (κ2) is 3.61. The van der Waals surface area contributed by atoms with Crippen molar-refractivity contribution in [2.45, 2.75) is 10.8 Å². The zero-order chi connectivity index (χ0) is 10.3. The molecular weight excluding hydrogens is 228 g/mol. The number of hydrogen-bond donors (Lipinski definition) is 0. The molecule has 15 heavy (non-hydrogen) atoms. The van der Waals surface area contributed by atoms with Crippen LogP contribution in [0.1, 0.15) is 6.42 Å². The molecule has 6 heteroatoms. The van der Waals surface area contributed by atoms with E-state index in [9.17, 15) is 0 Å². The maximum absolute atomic E-state index is 4.44. The van der Waals surface area contributed by atoms with Crippen LogP contribution < -0.4 is 4.90 Å². The molecule has 0 unspecified atom stereocenters. The molecule has 0 atom stereocenters. The Morgan fingerprint density at radius 1 is 1.40 bits per heavy atom. The smallest absolute Gasteiger partial charge is 0.176 e. The SMILES string of the molecule is CSc1nc2ncnc(N3CCC3)c2s1. The molecule has 3 rings (SSSR count). The second-order valence-corrected chi connectivity index (χ2v) is 5.43. The number of fused-ring (bicyclic) bond motifs is 1. The number of thioether (sulfide) groups is 1. The molecule has 0 aromatic carbocycles. The summed E-state index contributed by atoms with van der Waals surface area (Å²) in [4.78, 5) is 15.3. The van der Waals surface area contributed by atoms with Crippen molar-refractivity contribution in [3.05, 3.63) is 6.33 Å². The lowest BCUT2D eigenvalue weighted by Gasteiger charge is -2.31.